The van der Waals surface area contributed by atoms with E-state index in [1.54, 1.807) is 30.0 Å². The van der Waals surface area contributed by atoms with Gasteiger partial charge in [-0.15, -0.1) is 0 Å². The summed E-state index contributed by atoms with van der Waals surface area (Å²) in [6, 6.07) is 6.99. The van der Waals surface area contributed by atoms with Crippen LogP contribution in [-0.4, -0.2) is 56.3 Å². The van der Waals surface area contributed by atoms with Crippen LogP contribution in [0.4, 0.5) is 0 Å². The summed E-state index contributed by atoms with van der Waals surface area (Å²) in [4.78, 5) is 26.6. The Morgan fingerprint density at radius 2 is 2.27 bits per heavy atom. The molecule has 9 heteroatoms. The molecule has 0 spiro atoms. The third-order valence-corrected chi connectivity index (χ3v) is 6.76. The number of amides is 2. The van der Waals surface area contributed by atoms with Gasteiger partial charge in [0.2, 0.25) is 5.91 Å². The molecule has 2 fully saturated rings. The number of aliphatic hydroxyl groups excluding tert-OH is 1. The monoisotopic (exact) mass is 428 g/mol. The van der Waals surface area contributed by atoms with Crippen LogP contribution in [0, 0.1) is 0 Å². The molecule has 0 unspecified atom stereocenters. The second-order valence-electron chi connectivity index (χ2n) is 5.92. The standard InChI is InChI=1S/C17H17ClN2O3S3/c18-11-3-1-2-10(6-11)7-14-16(23)20(17(24)26-14)5-4-15(22)19-12-8-25-9-13(12)21/h1-3,6-7,12-13,21H,4-5,8-9H2,(H,19,22)/b14-7+/t12-,13-/m0/s1. The van der Waals surface area contributed by atoms with Crippen LogP contribution < -0.4 is 5.32 Å². The normalized spacial score (nSPS) is 24.5. The van der Waals surface area contributed by atoms with Crippen molar-refractivity contribution in [3.8, 4) is 0 Å². The smallest absolute Gasteiger partial charge is 0.266 e. The van der Waals surface area contributed by atoms with Gasteiger partial charge in [0.1, 0.15) is 4.32 Å². The maximum Gasteiger partial charge on any atom is 0.266 e. The zero-order valence-corrected chi connectivity index (χ0v) is 16.9. The van der Waals surface area contributed by atoms with E-state index in [4.69, 9.17) is 23.8 Å². The molecule has 2 aliphatic rings. The third-order valence-electron chi connectivity index (χ3n) is 3.98. The first kappa shape index (κ1) is 19.7. The quantitative estimate of drug-likeness (QED) is 0.554. The van der Waals surface area contributed by atoms with Crippen LogP contribution in [0.3, 0.4) is 0 Å². The predicted octanol–water partition coefficient (Wildman–Crippen LogP) is 2.52. The van der Waals surface area contributed by atoms with Crippen molar-refractivity contribution < 1.29 is 14.7 Å². The van der Waals surface area contributed by atoms with Crippen molar-refractivity contribution >= 4 is 69.6 Å². The van der Waals surface area contributed by atoms with Crippen LogP contribution in [0.25, 0.3) is 6.08 Å². The summed E-state index contributed by atoms with van der Waals surface area (Å²) in [5.41, 5.74) is 0.823. The molecule has 1 aromatic rings. The Balaban J connectivity index is 1.58. The van der Waals surface area contributed by atoms with Crippen molar-refractivity contribution in [3.63, 3.8) is 0 Å². The number of benzene rings is 1. The number of rotatable bonds is 5. The molecule has 0 saturated carbocycles. The summed E-state index contributed by atoms with van der Waals surface area (Å²) in [5.74, 6) is 0.943. The van der Waals surface area contributed by atoms with Crippen LogP contribution in [0.5, 0.6) is 0 Å². The summed E-state index contributed by atoms with van der Waals surface area (Å²) in [6.45, 7) is 0.222. The van der Waals surface area contributed by atoms with E-state index in [-0.39, 0.29) is 30.8 Å². The highest BCUT2D eigenvalue weighted by Gasteiger charge is 2.33. The fourth-order valence-corrected chi connectivity index (χ4v) is 5.29. The van der Waals surface area contributed by atoms with Gasteiger partial charge in [-0.25, -0.2) is 0 Å². The van der Waals surface area contributed by atoms with E-state index in [0.29, 0.717) is 25.8 Å². The molecular weight excluding hydrogens is 412 g/mol. The number of carbonyl (C=O) groups is 2. The second-order valence-corrected chi connectivity index (χ2v) is 9.10. The van der Waals surface area contributed by atoms with Gasteiger partial charge in [0.05, 0.1) is 17.1 Å². The molecule has 2 N–H and O–H groups in total. The molecule has 1 aromatic carbocycles. The van der Waals surface area contributed by atoms with Crippen molar-refractivity contribution in [2.75, 3.05) is 18.1 Å². The maximum atomic E-state index is 12.6. The summed E-state index contributed by atoms with van der Waals surface area (Å²) >= 11 is 14.1. The molecule has 0 bridgehead atoms. The van der Waals surface area contributed by atoms with Gasteiger partial charge in [0.15, 0.2) is 0 Å². The van der Waals surface area contributed by atoms with Crippen molar-refractivity contribution in [2.24, 2.45) is 0 Å². The van der Waals surface area contributed by atoms with Crippen LogP contribution in [0.2, 0.25) is 5.02 Å². The summed E-state index contributed by atoms with van der Waals surface area (Å²) in [6.07, 6.45) is 1.38. The van der Waals surface area contributed by atoms with Crippen LogP contribution in [0.15, 0.2) is 29.2 Å². The van der Waals surface area contributed by atoms with Gasteiger partial charge in [-0.05, 0) is 23.8 Å². The highest BCUT2D eigenvalue weighted by molar-refractivity contribution is 8.26. The molecule has 0 aromatic heterocycles. The topological polar surface area (TPSA) is 69.6 Å². The highest BCUT2D eigenvalue weighted by atomic mass is 35.5. The van der Waals surface area contributed by atoms with E-state index in [9.17, 15) is 14.7 Å². The molecule has 138 valence electrons. The number of carbonyl (C=O) groups excluding carboxylic acids is 2. The number of nitrogens with zero attached hydrogens (tertiary/aromatic N) is 1. The van der Waals surface area contributed by atoms with E-state index in [1.165, 1.54) is 16.7 Å². The summed E-state index contributed by atoms with van der Waals surface area (Å²) in [7, 11) is 0. The SMILES string of the molecule is O=C(CCN1C(=O)/C(=C\c2cccc(Cl)c2)SC1=S)N[C@H]1CSC[C@@H]1O. The predicted molar refractivity (Wildman–Crippen MR) is 111 cm³/mol. The zero-order valence-electron chi connectivity index (χ0n) is 13.7. The Morgan fingerprint density at radius 3 is 2.96 bits per heavy atom. The number of nitrogens with one attached hydrogen (secondary N) is 1. The van der Waals surface area contributed by atoms with Gasteiger partial charge in [-0.1, -0.05) is 47.7 Å². The molecule has 0 aliphatic carbocycles. The lowest BCUT2D eigenvalue weighted by Gasteiger charge is -2.18. The van der Waals surface area contributed by atoms with E-state index >= 15 is 0 Å². The number of aliphatic hydroxyl groups is 1. The zero-order chi connectivity index (χ0) is 18.7. The molecule has 2 heterocycles. The fourth-order valence-electron chi connectivity index (χ4n) is 2.61. The molecule has 2 atom stereocenters. The first-order valence-corrected chi connectivity index (χ1v) is 10.8. The van der Waals surface area contributed by atoms with E-state index < -0.39 is 6.10 Å². The van der Waals surface area contributed by atoms with E-state index in [2.05, 4.69) is 5.32 Å². The summed E-state index contributed by atoms with van der Waals surface area (Å²) in [5, 5.41) is 13.2. The second kappa shape index (κ2) is 8.75. The lowest BCUT2D eigenvalue weighted by Crippen LogP contribution is -2.43. The lowest BCUT2D eigenvalue weighted by molar-refractivity contribution is -0.124. The number of hydrogen-bond donors (Lipinski definition) is 2. The molecule has 0 radical (unpaired) electrons. The minimum Gasteiger partial charge on any atom is -0.390 e. The van der Waals surface area contributed by atoms with Gasteiger partial charge in [0.25, 0.3) is 5.91 Å². The van der Waals surface area contributed by atoms with E-state index in [1.807, 2.05) is 12.1 Å². The minimum atomic E-state index is -0.513. The van der Waals surface area contributed by atoms with Crippen LogP contribution in [-0.2, 0) is 9.59 Å². The molecule has 26 heavy (non-hydrogen) atoms. The largest absolute Gasteiger partial charge is 0.390 e. The Bertz CT molecular complexity index is 771. The minimum absolute atomic E-state index is 0.144. The van der Waals surface area contributed by atoms with Gasteiger partial charge < -0.3 is 10.4 Å². The van der Waals surface area contributed by atoms with Gasteiger partial charge in [-0.3, -0.25) is 14.5 Å². The molecule has 5 nitrogen and oxygen atoms in total. The number of thiocarbonyl (C=S) groups is 1. The van der Waals surface area contributed by atoms with Crippen molar-refractivity contribution in [2.45, 2.75) is 18.6 Å². The summed E-state index contributed by atoms with van der Waals surface area (Å²) < 4.78 is 0.438. The number of hydrogen-bond acceptors (Lipinski definition) is 6. The first-order valence-electron chi connectivity index (χ1n) is 8.00. The maximum absolute atomic E-state index is 12.6. The van der Waals surface area contributed by atoms with Gasteiger partial charge in [-0.2, -0.15) is 11.8 Å². The number of halogens is 1. The van der Waals surface area contributed by atoms with Crippen molar-refractivity contribution in [1.29, 1.82) is 0 Å². The average molecular weight is 429 g/mol. The molecule has 3 rings (SSSR count). The molecule has 2 aliphatic heterocycles. The van der Waals surface area contributed by atoms with Gasteiger partial charge in [0, 0.05) is 29.5 Å². The Kier molecular flexibility index (Phi) is 6.63. The van der Waals surface area contributed by atoms with Crippen LogP contribution >= 0.6 is 47.3 Å². The number of thioether (sulfide) groups is 2. The van der Waals surface area contributed by atoms with E-state index in [0.717, 1.165) is 5.56 Å². The third kappa shape index (κ3) is 4.80. The molecular formula is C17H17ClN2O3S3. The van der Waals surface area contributed by atoms with Crippen molar-refractivity contribution in [3.05, 3.63) is 39.8 Å². The Hall–Kier alpha value is -1.06. The van der Waals surface area contributed by atoms with Gasteiger partial charge >= 0.3 is 0 Å². The van der Waals surface area contributed by atoms with Crippen LogP contribution in [0.1, 0.15) is 12.0 Å². The average Bonchev–Trinajstić information content (AvgIpc) is 3.10. The molecule has 2 amide bonds. The van der Waals surface area contributed by atoms with Crippen molar-refractivity contribution in [1.82, 2.24) is 10.2 Å². The highest BCUT2D eigenvalue weighted by Crippen LogP contribution is 2.32. The molecule has 2 saturated heterocycles. The Labute approximate surface area is 170 Å². The lowest BCUT2D eigenvalue weighted by atomic mass is 10.2. The Morgan fingerprint density at radius 1 is 1.46 bits per heavy atom. The first-order chi connectivity index (χ1) is 12.4. The fraction of sp³-hybridized carbons (Fsp3) is 0.353.